The molecule has 1 aromatic rings. The van der Waals surface area contributed by atoms with Crippen LogP contribution in [0.4, 0.5) is 0 Å². The van der Waals surface area contributed by atoms with Gasteiger partial charge in [-0.2, -0.15) is 0 Å². The van der Waals surface area contributed by atoms with Crippen molar-refractivity contribution in [3.05, 3.63) is 17.5 Å². The van der Waals surface area contributed by atoms with Gasteiger partial charge in [0.1, 0.15) is 0 Å². The van der Waals surface area contributed by atoms with Gasteiger partial charge in [-0.3, -0.25) is 4.99 Å². The maximum absolute atomic E-state index is 5.25. The Labute approximate surface area is 151 Å². The fourth-order valence-electron chi connectivity index (χ4n) is 2.15. The summed E-state index contributed by atoms with van der Waals surface area (Å²) in [6, 6.07) is 2.41. The Bertz CT molecular complexity index is 420. The van der Waals surface area contributed by atoms with E-state index in [-0.39, 0.29) is 24.0 Å². The summed E-state index contributed by atoms with van der Waals surface area (Å²) in [5.74, 6) is 1.65. The van der Waals surface area contributed by atoms with Crippen LogP contribution in [0.3, 0.4) is 0 Å². The predicted octanol–water partition coefficient (Wildman–Crippen LogP) is 3.88. The highest BCUT2D eigenvalue weighted by atomic mass is 127. The molecule has 0 radical (unpaired) electrons. The van der Waals surface area contributed by atoms with Crippen LogP contribution in [0.2, 0.25) is 0 Å². The first kappa shape index (κ1) is 21.2. The summed E-state index contributed by atoms with van der Waals surface area (Å²) in [6.45, 7) is 7.11. The third-order valence-electron chi connectivity index (χ3n) is 3.50. The molecular formula is C16H31IN4O. The number of aromatic nitrogens is 1. The van der Waals surface area contributed by atoms with E-state index in [1.165, 1.54) is 32.1 Å². The molecule has 0 amide bonds. The Balaban J connectivity index is 0.00000441. The van der Waals surface area contributed by atoms with Crippen LogP contribution in [0.15, 0.2) is 15.6 Å². The van der Waals surface area contributed by atoms with E-state index in [1.807, 2.05) is 6.07 Å². The molecule has 22 heavy (non-hydrogen) atoms. The number of rotatable bonds is 9. The predicted molar refractivity (Wildman–Crippen MR) is 103 cm³/mol. The largest absolute Gasteiger partial charge is 0.359 e. The second kappa shape index (κ2) is 12.7. The number of hydrogen-bond donors (Lipinski definition) is 2. The molecule has 0 aliphatic carbocycles. The number of aliphatic imine (C=N–C) groups is 1. The minimum absolute atomic E-state index is 0. The summed E-state index contributed by atoms with van der Waals surface area (Å²) in [5, 5.41) is 10.7. The normalized spacial score (nSPS) is 12.6. The Morgan fingerprint density at radius 3 is 2.68 bits per heavy atom. The molecule has 0 saturated heterocycles. The summed E-state index contributed by atoms with van der Waals surface area (Å²) in [5.41, 5.74) is 0.985. The van der Waals surface area contributed by atoms with Crippen molar-refractivity contribution in [3.63, 3.8) is 0 Å². The first-order chi connectivity index (χ1) is 10.2. The van der Waals surface area contributed by atoms with Crippen molar-refractivity contribution in [1.29, 1.82) is 0 Å². The van der Waals surface area contributed by atoms with Crippen molar-refractivity contribution in [2.45, 2.75) is 71.9 Å². The van der Waals surface area contributed by atoms with E-state index < -0.39 is 0 Å². The molecule has 1 unspecified atom stereocenters. The number of unbranched alkanes of at least 4 members (excludes halogenated alkanes) is 3. The highest BCUT2D eigenvalue weighted by Crippen LogP contribution is 2.06. The molecule has 5 nitrogen and oxygen atoms in total. The van der Waals surface area contributed by atoms with Gasteiger partial charge >= 0.3 is 0 Å². The Kier molecular flexibility index (Phi) is 12.3. The number of nitrogens with one attached hydrogen (secondary N) is 2. The molecule has 1 aromatic heterocycles. The Morgan fingerprint density at radius 2 is 2.09 bits per heavy atom. The van der Waals surface area contributed by atoms with Crippen molar-refractivity contribution >= 4 is 29.9 Å². The maximum Gasteiger partial charge on any atom is 0.191 e. The standard InChI is InChI=1S/C16H30N4O.HI/c1-5-7-8-9-10-13(3)19-16(17-4)18-12-15-11-14(6-2)20-21-15;/h11,13H,5-10,12H2,1-4H3,(H2,17,18,19);1H. The highest BCUT2D eigenvalue weighted by molar-refractivity contribution is 14.0. The lowest BCUT2D eigenvalue weighted by Gasteiger charge is -2.17. The molecule has 0 aliphatic rings. The van der Waals surface area contributed by atoms with Crippen LogP contribution in [-0.4, -0.2) is 24.2 Å². The van der Waals surface area contributed by atoms with E-state index in [2.05, 4.69) is 41.6 Å². The van der Waals surface area contributed by atoms with E-state index in [0.717, 1.165) is 23.8 Å². The van der Waals surface area contributed by atoms with Gasteiger partial charge in [0.15, 0.2) is 11.7 Å². The van der Waals surface area contributed by atoms with Gasteiger partial charge in [-0.25, -0.2) is 0 Å². The third-order valence-corrected chi connectivity index (χ3v) is 3.50. The average molecular weight is 422 g/mol. The van der Waals surface area contributed by atoms with Crippen molar-refractivity contribution in [2.75, 3.05) is 7.05 Å². The smallest absolute Gasteiger partial charge is 0.191 e. The van der Waals surface area contributed by atoms with Crippen LogP contribution in [0.25, 0.3) is 0 Å². The molecule has 0 bridgehead atoms. The topological polar surface area (TPSA) is 62.5 Å². The van der Waals surface area contributed by atoms with E-state index in [4.69, 9.17) is 4.52 Å². The molecule has 128 valence electrons. The molecule has 1 heterocycles. The second-order valence-electron chi connectivity index (χ2n) is 5.46. The fraction of sp³-hybridized carbons (Fsp3) is 0.750. The number of guanidine groups is 1. The SMILES string of the molecule is CCCCCCC(C)NC(=NC)NCc1cc(CC)no1.I. The van der Waals surface area contributed by atoms with Gasteiger partial charge in [0, 0.05) is 19.2 Å². The number of halogens is 1. The van der Waals surface area contributed by atoms with Crippen LogP contribution >= 0.6 is 24.0 Å². The lowest BCUT2D eigenvalue weighted by Crippen LogP contribution is -2.41. The monoisotopic (exact) mass is 422 g/mol. The Morgan fingerprint density at radius 1 is 1.32 bits per heavy atom. The van der Waals surface area contributed by atoms with E-state index in [9.17, 15) is 0 Å². The van der Waals surface area contributed by atoms with Crippen molar-refractivity contribution < 1.29 is 4.52 Å². The molecule has 1 rings (SSSR count). The van der Waals surface area contributed by atoms with Gasteiger partial charge < -0.3 is 15.2 Å². The van der Waals surface area contributed by atoms with Gasteiger partial charge in [0.05, 0.1) is 12.2 Å². The lowest BCUT2D eigenvalue weighted by molar-refractivity contribution is 0.374. The molecule has 0 saturated carbocycles. The highest BCUT2D eigenvalue weighted by Gasteiger charge is 2.07. The van der Waals surface area contributed by atoms with Crippen LogP contribution in [0, 0.1) is 0 Å². The van der Waals surface area contributed by atoms with Gasteiger partial charge in [-0.05, 0) is 19.8 Å². The summed E-state index contributed by atoms with van der Waals surface area (Å²) in [4.78, 5) is 4.25. The van der Waals surface area contributed by atoms with E-state index in [0.29, 0.717) is 12.6 Å². The van der Waals surface area contributed by atoms with Gasteiger partial charge in [-0.15, -0.1) is 24.0 Å². The molecule has 6 heteroatoms. The lowest BCUT2D eigenvalue weighted by atomic mass is 10.1. The van der Waals surface area contributed by atoms with Gasteiger partial charge in [0.2, 0.25) is 0 Å². The minimum atomic E-state index is 0. The zero-order valence-electron chi connectivity index (χ0n) is 14.3. The average Bonchev–Trinajstić information content (AvgIpc) is 2.96. The fourth-order valence-corrected chi connectivity index (χ4v) is 2.15. The second-order valence-corrected chi connectivity index (χ2v) is 5.46. The maximum atomic E-state index is 5.25. The summed E-state index contributed by atoms with van der Waals surface area (Å²) in [6.07, 6.45) is 7.24. The summed E-state index contributed by atoms with van der Waals surface area (Å²) < 4.78 is 5.25. The molecular weight excluding hydrogens is 391 g/mol. The molecule has 0 aromatic carbocycles. The van der Waals surface area contributed by atoms with Crippen molar-refractivity contribution in [1.82, 2.24) is 15.8 Å². The summed E-state index contributed by atoms with van der Waals surface area (Å²) in [7, 11) is 1.79. The number of aryl methyl sites for hydroxylation is 1. The summed E-state index contributed by atoms with van der Waals surface area (Å²) >= 11 is 0. The van der Waals surface area contributed by atoms with Crippen LogP contribution in [0.1, 0.15) is 64.3 Å². The first-order valence-electron chi connectivity index (χ1n) is 8.11. The molecule has 2 N–H and O–H groups in total. The molecule has 1 atom stereocenters. The van der Waals surface area contributed by atoms with Crippen LogP contribution in [0.5, 0.6) is 0 Å². The number of nitrogens with zero attached hydrogens (tertiary/aromatic N) is 2. The van der Waals surface area contributed by atoms with Crippen LogP contribution in [-0.2, 0) is 13.0 Å². The van der Waals surface area contributed by atoms with Crippen LogP contribution < -0.4 is 10.6 Å². The van der Waals surface area contributed by atoms with Gasteiger partial charge in [0.25, 0.3) is 0 Å². The number of hydrogen-bond acceptors (Lipinski definition) is 3. The van der Waals surface area contributed by atoms with E-state index >= 15 is 0 Å². The quantitative estimate of drug-likeness (QED) is 0.275. The molecule has 0 fully saturated rings. The van der Waals surface area contributed by atoms with E-state index in [1.54, 1.807) is 7.05 Å². The third kappa shape index (κ3) is 8.60. The van der Waals surface area contributed by atoms with Crippen molar-refractivity contribution in [3.8, 4) is 0 Å². The van der Waals surface area contributed by atoms with Crippen molar-refractivity contribution in [2.24, 2.45) is 4.99 Å². The minimum Gasteiger partial charge on any atom is -0.359 e. The first-order valence-corrected chi connectivity index (χ1v) is 8.11. The zero-order chi connectivity index (χ0) is 15.5. The molecule has 0 aliphatic heterocycles. The van der Waals surface area contributed by atoms with Gasteiger partial charge in [-0.1, -0.05) is 44.7 Å². The molecule has 0 spiro atoms. The zero-order valence-corrected chi connectivity index (χ0v) is 16.6. The Hall–Kier alpha value is -0.790.